The number of carbonyl (C=O) groups is 2. The van der Waals surface area contributed by atoms with Crippen molar-refractivity contribution in [3.05, 3.63) is 71.3 Å². The Morgan fingerprint density at radius 1 is 1.00 bits per heavy atom. The summed E-state index contributed by atoms with van der Waals surface area (Å²) in [6.07, 6.45) is 3.92. The minimum Gasteiger partial charge on any atom is -0.339 e. The Labute approximate surface area is 139 Å². The van der Waals surface area contributed by atoms with Crippen LogP contribution in [0.4, 0.5) is 0 Å². The largest absolute Gasteiger partial charge is 0.339 e. The molecule has 0 aliphatic rings. The molecule has 2 aromatic rings. The van der Waals surface area contributed by atoms with Crippen LogP contribution in [0.1, 0.15) is 21.5 Å². The van der Waals surface area contributed by atoms with E-state index in [1.165, 1.54) is 5.48 Å². The summed E-state index contributed by atoms with van der Waals surface area (Å²) in [6.45, 7) is -0.115. The summed E-state index contributed by atoms with van der Waals surface area (Å²) < 4.78 is 0. The number of hydrogen-bond acceptors (Lipinski definition) is 4. The normalized spacial score (nSPS) is 11.9. The van der Waals surface area contributed by atoms with Crippen molar-refractivity contribution >= 4 is 24.0 Å². The molecule has 0 heterocycles. The van der Waals surface area contributed by atoms with Gasteiger partial charge in [-0.15, -0.1) is 0 Å². The van der Waals surface area contributed by atoms with Crippen molar-refractivity contribution in [1.82, 2.24) is 10.8 Å². The Morgan fingerprint density at radius 2 is 1.58 bits per heavy atom. The van der Waals surface area contributed by atoms with Crippen LogP contribution in [0.5, 0.6) is 0 Å². The van der Waals surface area contributed by atoms with Crippen LogP contribution in [0.3, 0.4) is 0 Å². The first-order valence-electron chi connectivity index (χ1n) is 7.42. The van der Waals surface area contributed by atoms with Crippen LogP contribution >= 0.6 is 0 Å². The summed E-state index contributed by atoms with van der Waals surface area (Å²) in [5.74, 6) is -1.19. The zero-order valence-electron chi connectivity index (χ0n) is 13.0. The van der Waals surface area contributed by atoms with Crippen LogP contribution in [0.15, 0.2) is 54.6 Å². The van der Waals surface area contributed by atoms with Gasteiger partial charge in [-0.25, -0.2) is 5.48 Å². The quantitative estimate of drug-likeness (QED) is 0.366. The van der Waals surface area contributed by atoms with Gasteiger partial charge in [0.25, 0.3) is 11.8 Å². The maximum absolute atomic E-state index is 12.1. The monoisotopic (exact) mass is 325 g/mol. The molecule has 2 rings (SSSR count). The molecule has 0 fully saturated rings. The lowest BCUT2D eigenvalue weighted by Crippen LogP contribution is -2.50. The average Bonchev–Trinajstić information content (AvgIpc) is 2.64. The third kappa shape index (κ3) is 4.77. The first-order chi connectivity index (χ1) is 11.6. The SMILES string of the molecule is NC[C@H](NC(=O)c1ccc(/C=C/c2ccccc2)cc1)C(=O)NO. The van der Waals surface area contributed by atoms with E-state index in [0.717, 1.165) is 11.1 Å². The molecule has 0 aromatic heterocycles. The van der Waals surface area contributed by atoms with Crippen molar-refractivity contribution in [3.63, 3.8) is 0 Å². The number of nitrogens with one attached hydrogen (secondary N) is 2. The number of hydrogen-bond donors (Lipinski definition) is 4. The van der Waals surface area contributed by atoms with Crippen LogP contribution in [0, 0.1) is 0 Å². The highest BCUT2D eigenvalue weighted by atomic mass is 16.5. The summed E-state index contributed by atoms with van der Waals surface area (Å²) in [5.41, 5.74) is 9.30. The van der Waals surface area contributed by atoms with Crippen LogP contribution in [0.2, 0.25) is 0 Å². The molecule has 1 atom stereocenters. The van der Waals surface area contributed by atoms with Crippen molar-refractivity contribution in [2.75, 3.05) is 6.54 Å². The predicted octanol–water partition coefficient (Wildman–Crippen LogP) is 1.42. The maximum atomic E-state index is 12.1. The maximum Gasteiger partial charge on any atom is 0.267 e. The highest BCUT2D eigenvalue weighted by molar-refractivity contribution is 5.97. The zero-order chi connectivity index (χ0) is 17.4. The highest BCUT2D eigenvalue weighted by Gasteiger charge is 2.19. The highest BCUT2D eigenvalue weighted by Crippen LogP contribution is 2.10. The summed E-state index contributed by atoms with van der Waals surface area (Å²) in [7, 11) is 0. The first kappa shape index (κ1) is 17.4. The number of benzene rings is 2. The van der Waals surface area contributed by atoms with Crippen LogP contribution in [0.25, 0.3) is 12.2 Å². The lowest BCUT2D eigenvalue weighted by atomic mass is 10.1. The predicted molar refractivity (Wildman–Crippen MR) is 92.0 cm³/mol. The molecule has 0 spiro atoms. The fourth-order valence-corrected chi connectivity index (χ4v) is 2.05. The van der Waals surface area contributed by atoms with Crippen LogP contribution in [-0.2, 0) is 4.79 Å². The molecule has 6 nitrogen and oxygen atoms in total. The number of nitrogens with two attached hydrogens (primary N) is 1. The number of rotatable bonds is 6. The Kier molecular flexibility index (Phi) is 6.24. The van der Waals surface area contributed by atoms with Gasteiger partial charge in [-0.2, -0.15) is 0 Å². The fourth-order valence-electron chi connectivity index (χ4n) is 2.05. The Hall–Kier alpha value is -2.96. The third-order valence-corrected chi connectivity index (χ3v) is 3.41. The summed E-state index contributed by atoms with van der Waals surface area (Å²) >= 11 is 0. The molecule has 0 aliphatic carbocycles. The van der Waals surface area contributed by atoms with E-state index in [-0.39, 0.29) is 6.54 Å². The molecule has 5 N–H and O–H groups in total. The Morgan fingerprint density at radius 3 is 2.12 bits per heavy atom. The molecule has 24 heavy (non-hydrogen) atoms. The average molecular weight is 325 g/mol. The molecule has 0 saturated heterocycles. The third-order valence-electron chi connectivity index (χ3n) is 3.41. The van der Waals surface area contributed by atoms with Crippen molar-refractivity contribution in [2.24, 2.45) is 5.73 Å². The molecule has 2 aromatic carbocycles. The van der Waals surface area contributed by atoms with Crippen LogP contribution in [-0.4, -0.2) is 29.6 Å². The van der Waals surface area contributed by atoms with Crippen LogP contribution < -0.4 is 16.5 Å². The van der Waals surface area contributed by atoms with Gasteiger partial charge in [0, 0.05) is 12.1 Å². The van der Waals surface area contributed by atoms with Gasteiger partial charge in [-0.3, -0.25) is 14.8 Å². The number of hydroxylamine groups is 1. The van der Waals surface area contributed by atoms with Gasteiger partial charge in [0.1, 0.15) is 6.04 Å². The minimum atomic E-state index is -0.986. The van der Waals surface area contributed by atoms with E-state index in [4.69, 9.17) is 10.9 Å². The van der Waals surface area contributed by atoms with E-state index in [2.05, 4.69) is 5.32 Å². The molecular formula is C18H19N3O3. The standard InChI is InChI=1S/C18H19N3O3/c19-12-16(18(23)21-24)20-17(22)15-10-8-14(9-11-15)7-6-13-4-2-1-3-5-13/h1-11,16,24H,12,19H2,(H,20,22)(H,21,23)/b7-6+/t16-/m0/s1. The number of carbonyl (C=O) groups excluding carboxylic acids is 2. The van der Waals surface area contributed by atoms with Gasteiger partial charge in [-0.1, -0.05) is 54.6 Å². The first-order valence-corrected chi connectivity index (χ1v) is 7.42. The second-order valence-electron chi connectivity index (χ2n) is 5.10. The summed E-state index contributed by atoms with van der Waals surface area (Å²) in [4.78, 5) is 23.4. The molecule has 0 bridgehead atoms. The van der Waals surface area contributed by atoms with E-state index >= 15 is 0 Å². The van der Waals surface area contributed by atoms with Gasteiger partial charge in [-0.05, 0) is 23.3 Å². The topological polar surface area (TPSA) is 104 Å². The fraction of sp³-hybridized carbons (Fsp3) is 0.111. The van der Waals surface area contributed by atoms with E-state index in [1.807, 2.05) is 42.5 Å². The molecule has 124 valence electrons. The summed E-state index contributed by atoms with van der Waals surface area (Å²) in [5, 5.41) is 11.1. The Bertz CT molecular complexity index is 712. The Balaban J connectivity index is 2.02. The second kappa shape index (κ2) is 8.61. The van der Waals surface area contributed by atoms with Gasteiger partial charge in [0.2, 0.25) is 0 Å². The molecule has 0 radical (unpaired) electrons. The van der Waals surface area contributed by atoms with Gasteiger partial charge < -0.3 is 11.1 Å². The second-order valence-corrected chi connectivity index (χ2v) is 5.10. The van der Waals surface area contributed by atoms with Gasteiger partial charge in [0.05, 0.1) is 0 Å². The van der Waals surface area contributed by atoms with Crippen molar-refractivity contribution in [2.45, 2.75) is 6.04 Å². The van der Waals surface area contributed by atoms with Gasteiger partial charge >= 0.3 is 0 Å². The minimum absolute atomic E-state index is 0.115. The lowest BCUT2D eigenvalue weighted by Gasteiger charge is -2.14. The molecule has 2 amide bonds. The smallest absolute Gasteiger partial charge is 0.267 e. The lowest BCUT2D eigenvalue weighted by molar-refractivity contribution is -0.130. The summed E-state index contributed by atoms with van der Waals surface area (Å²) in [6, 6.07) is 15.8. The molecule has 0 unspecified atom stereocenters. The molecule has 0 aliphatic heterocycles. The van der Waals surface area contributed by atoms with E-state index in [1.54, 1.807) is 24.3 Å². The van der Waals surface area contributed by atoms with Crippen molar-refractivity contribution in [3.8, 4) is 0 Å². The van der Waals surface area contributed by atoms with E-state index in [0.29, 0.717) is 5.56 Å². The molecule has 6 heteroatoms. The zero-order valence-corrected chi connectivity index (χ0v) is 13.0. The molecular weight excluding hydrogens is 306 g/mol. The van der Waals surface area contributed by atoms with Gasteiger partial charge in [0.15, 0.2) is 0 Å². The molecule has 0 saturated carbocycles. The number of amides is 2. The van der Waals surface area contributed by atoms with Crippen molar-refractivity contribution < 1.29 is 14.8 Å². The van der Waals surface area contributed by atoms with E-state index in [9.17, 15) is 9.59 Å². The van der Waals surface area contributed by atoms with Crippen molar-refractivity contribution in [1.29, 1.82) is 0 Å². The van der Waals surface area contributed by atoms with E-state index < -0.39 is 17.9 Å².